The van der Waals surface area contributed by atoms with Crippen LogP contribution in [0.4, 0.5) is 0 Å². The van der Waals surface area contributed by atoms with Crippen LogP contribution < -0.4 is 0 Å². The van der Waals surface area contributed by atoms with Gasteiger partial charge in [-0.1, -0.05) is 76.2 Å². The van der Waals surface area contributed by atoms with Crippen molar-refractivity contribution in [3.05, 3.63) is 30.7 Å². The van der Waals surface area contributed by atoms with Crippen molar-refractivity contribution >= 4 is 0 Å². The lowest BCUT2D eigenvalue weighted by molar-refractivity contribution is 0.171. The van der Waals surface area contributed by atoms with Crippen molar-refractivity contribution in [2.75, 3.05) is 0 Å². The Balaban J connectivity index is 1.58. The summed E-state index contributed by atoms with van der Waals surface area (Å²) < 4.78 is 0. The van der Waals surface area contributed by atoms with E-state index >= 15 is 0 Å². The molecular weight excluding hydrogens is 228 g/mol. The van der Waals surface area contributed by atoms with Gasteiger partial charge in [-0.3, -0.25) is 0 Å². The number of allylic oxidation sites excluding steroid dienone is 4. The Bertz CT molecular complexity index is 338. The van der Waals surface area contributed by atoms with Crippen molar-refractivity contribution in [2.45, 2.75) is 58.3 Å². The molecule has 0 aromatic heterocycles. The predicted molar refractivity (Wildman–Crippen MR) is 81.6 cm³/mol. The zero-order valence-electron chi connectivity index (χ0n) is 12.4. The summed E-state index contributed by atoms with van der Waals surface area (Å²) in [6, 6.07) is 0. The van der Waals surface area contributed by atoms with Crippen molar-refractivity contribution in [3.63, 3.8) is 0 Å². The van der Waals surface area contributed by atoms with E-state index in [1.165, 1.54) is 51.4 Å². The molecule has 5 atom stereocenters. The number of hydrogen-bond acceptors (Lipinski definition) is 0. The van der Waals surface area contributed by atoms with Gasteiger partial charge in [0.05, 0.1) is 0 Å². The minimum absolute atomic E-state index is 0.635. The van der Waals surface area contributed by atoms with E-state index < -0.39 is 0 Å². The van der Waals surface area contributed by atoms with E-state index in [0.29, 0.717) is 5.92 Å². The van der Waals surface area contributed by atoms with Gasteiger partial charge in [-0.15, -0.1) is 0 Å². The van der Waals surface area contributed by atoms with Gasteiger partial charge in [0, 0.05) is 0 Å². The molecule has 3 rings (SSSR count). The van der Waals surface area contributed by atoms with Crippen LogP contribution in [0.2, 0.25) is 0 Å². The molecule has 19 heavy (non-hydrogen) atoms. The highest BCUT2D eigenvalue weighted by Gasteiger charge is 2.46. The highest BCUT2D eigenvalue weighted by molar-refractivity contribution is 5.23. The van der Waals surface area contributed by atoms with Gasteiger partial charge in [-0.25, -0.2) is 0 Å². The predicted octanol–water partition coefficient (Wildman–Crippen LogP) is 5.44. The molecule has 0 N–H and O–H groups in total. The van der Waals surface area contributed by atoms with Crippen LogP contribution in [0, 0.1) is 36.0 Å². The van der Waals surface area contributed by atoms with Crippen LogP contribution >= 0.6 is 0 Å². The lowest BCUT2D eigenvalue weighted by Crippen LogP contribution is -2.27. The van der Waals surface area contributed by atoms with Crippen molar-refractivity contribution in [2.24, 2.45) is 29.6 Å². The van der Waals surface area contributed by atoms with Crippen LogP contribution in [0.5, 0.6) is 0 Å². The van der Waals surface area contributed by atoms with E-state index in [0.717, 1.165) is 23.7 Å². The molecule has 0 heterocycles. The third-order valence-electron chi connectivity index (χ3n) is 5.57. The first-order valence-corrected chi connectivity index (χ1v) is 8.51. The van der Waals surface area contributed by atoms with E-state index in [9.17, 15) is 0 Å². The summed E-state index contributed by atoms with van der Waals surface area (Å²) in [4.78, 5) is 0. The Morgan fingerprint density at radius 2 is 1.95 bits per heavy atom. The number of rotatable bonds is 5. The second kappa shape index (κ2) is 6.29. The van der Waals surface area contributed by atoms with Crippen molar-refractivity contribution in [1.29, 1.82) is 0 Å². The SMILES string of the molecule is CCCCCCC1CCCC2C1[C]C1C=CC=CC12. The van der Waals surface area contributed by atoms with Crippen LogP contribution in [0.3, 0.4) is 0 Å². The highest BCUT2D eigenvalue weighted by Crippen LogP contribution is 2.53. The quantitative estimate of drug-likeness (QED) is 0.574. The lowest BCUT2D eigenvalue weighted by atomic mass is 9.70. The molecule has 0 nitrogen and oxygen atoms in total. The molecule has 104 valence electrons. The van der Waals surface area contributed by atoms with E-state index in [4.69, 9.17) is 0 Å². The molecule has 0 amide bonds. The fraction of sp³-hybridized carbons (Fsp3) is 0.737. The zero-order valence-corrected chi connectivity index (χ0v) is 12.4. The Morgan fingerprint density at radius 3 is 2.84 bits per heavy atom. The van der Waals surface area contributed by atoms with Crippen molar-refractivity contribution in [1.82, 2.24) is 0 Å². The van der Waals surface area contributed by atoms with Gasteiger partial charge in [0.1, 0.15) is 0 Å². The largest absolute Gasteiger partial charge is 0.0805 e. The van der Waals surface area contributed by atoms with E-state index in [1.54, 1.807) is 0 Å². The normalized spacial score (nSPS) is 40.2. The van der Waals surface area contributed by atoms with Gasteiger partial charge < -0.3 is 0 Å². The molecule has 3 aliphatic carbocycles. The first-order valence-electron chi connectivity index (χ1n) is 8.51. The third-order valence-corrected chi connectivity index (χ3v) is 5.57. The summed E-state index contributed by atoms with van der Waals surface area (Å²) in [5, 5.41) is 0. The smallest absolute Gasteiger partial charge is 0.00530 e. The van der Waals surface area contributed by atoms with E-state index in [2.05, 4.69) is 37.6 Å². The standard InChI is InChI=1S/C19H28/c1-2-3-4-5-9-15-11-8-13-18-17-12-7-6-10-16(17)14-19(15)18/h6-7,10,12,15-19H,2-5,8-9,11,13H2,1H3. The number of unbranched alkanes of at least 4 members (excludes halogenated alkanes) is 3. The molecule has 2 fully saturated rings. The lowest BCUT2D eigenvalue weighted by Gasteiger charge is -2.35. The van der Waals surface area contributed by atoms with Gasteiger partial charge in [0.25, 0.3) is 0 Å². The molecule has 0 heteroatoms. The summed E-state index contributed by atoms with van der Waals surface area (Å²) in [6.45, 7) is 2.30. The second-order valence-electron chi connectivity index (χ2n) is 6.77. The molecular formula is C19H28. The van der Waals surface area contributed by atoms with Crippen LogP contribution in [0.15, 0.2) is 24.3 Å². The summed E-state index contributed by atoms with van der Waals surface area (Å²) in [5.74, 6) is 4.08. The molecule has 0 saturated heterocycles. The first kappa shape index (κ1) is 13.5. The minimum atomic E-state index is 0.635. The summed E-state index contributed by atoms with van der Waals surface area (Å²) in [7, 11) is 0. The minimum Gasteiger partial charge on any atom is -0.0805 e. The molecule has 2 saturated carbocycles. The molecule has 0 spiro atoms. The van der Waals surface area contributed by atoms with E-state index in [-0.39, 0.29) is 0 Å². The number of hydrogen-bond donors (Lipinski definition) is 0. The average molecular weight is 256 g/mol. The summed E-state index contributed by atoms with van der Waals surface area (Å²) in [6.07, 6.45) is 24.8. The second-order valence-corrected chi connectivity index (χ2v) is 6.77. The van der Waals surface area contributed by atoms with Crippen molar-refractivity contribution < 1.29 is 0 Å². The fourth-order valence-corrected chi connectivity index (χ4v) is 4.60. The molecule has 5 unspecified atom stereocenters. The van der Waals surface area contributed by atoms with Crippen LogP contribution in [0.25, 0.3) is 0 Å². The van der Waals surface area contributed by atoms with Crippen LogP contribution in [0.1, 0.15) is 58.3 Å². The summed E-state index contributed by atoms with van der Waals surface area (Å²) >= 11 is 0. The van der Waals surface area contributed by atoms with E-state index in [1.807, 2.05) is 0 Å². The van der Waals surface area contributed by atoms with Gasteiger partial charge in [-0.05, 0) is 42.4 Å². The maximum absolute atomic E-state index is 3.95. The van der Waals surface area contributed by atoms with Gasteiger partial charge in [0.2, 0.25) is 0 Å². The Labute approximate surface area is 119 Å². The molecule has 0 aliphatic heterocycles. The molecule has 0 aromatic carbocycles. The Kier molecular flexibility index (Phi) is 4.45. The highest BCUT2D eigenvalue weighted by atomic mass is 14.5. The molecule has 3 aliphatic rings. The molecule has 2 radical (unpaired) electrons. The monoisotopic (exact) mass is 256 g/mol. The topological polar surface area (TPSA) is 0 Å². The van der Waals surface area contributed by atoms with Gasteiger partial charge >= 0.3 is 0 Å². The third kappa shape index (κ3) is 2.83. The summed E-state index contributed by atoms with van der Waals surface area (Å²) in [5.41, 5.74) is 0. The first-order chi connectivity index (χ1) is 9.40. The van der Waals surface area contributed by atoms with Crippen LogP contribution in [-0.4, -0.2) is 0 Å². The Morgan fingerprint density at radius 1 is 1.05 bits per heavy atom. The number of fused-ring (bicyclic) bond motifs is 3. The zero-order chi connectivity index (χ0) is 13.1. The maximum atomic E-state index is 3.95. The maximum Gasteiger partial charge on any atom is -0.00530 e. The van der Waals surface area contributed by atoms with Gasteiger partial charge in [-0.2, -0.15) is 0 Å². The van der Waals surface area contributed by atoms with Gasteiger partial charge in [0.15, 0.2) is 0 Å². The molecule has 0 aromatic rings. The van der Waals surface area contributed by atoms with Crippen molar-refractivity contribution in [3.8, 4) is 0 Å². The van der Waals surface area contributed by atoms with Crippen LogP contribution in [-0.2, 0) is 0 Å². The average Bonchev–Trinajstić information content (AvgIpc) is 2.83. The molecule has 0 bridgehead atoms. The Hall–Kier alpha value is -0.520. The fourth-order valence-electron chi connectivity index (χ4n) is 4.60.